The lowest BCUT2D eigenvalue weighted by Gasteiger charge is -2.25. The zero-order chi connectivity index (χ0) is 18.5. The van der Waals surface area contributed by atoms with Crippen molar-refractivity contribution in [3.8, 4) is 17.3 Å². The molecule has 0 fully saturated rings. The monoisotopic (exact) mass is 365 g/mol. The van der Waals surface area contributed by atoms with E-state index in [1.54, 1.807) is 6.07 Å². The van der Waals surface area contributed by atoms with Crippen molar-refractivity contribution >= 4 is 11.7 Å². The number of ether oxygens (including phenoxy) is 2. The van der Waals surface area contributed by atoms with Gasteiger partial charge in [-0.1, -0.05) is 12.1 Å². The fraction of sp³-hybridized carbons (Fsp3) is 0.211. The van der Waals surface area contributed by atoms with Crippen LogP contribution in [0, 0.1) is 0 Å². The number of rotatable bonds is 6. The summed E-state index contributed by atoms with van der Waals surface area (Å²) in [7, 11) is 0. The number of nitrogens with one attached hydrogen (secondary N) is 2. The van der Waals surface area contributed by atoms with Crippen LogP contribution in [0.1, 0.15) is 0 Å². The Morgan fingerprint density at radius 3 is 2.63 bits per heavy atom. The van der Waals surface area contributed by atoms with Crippen LogP contribution in [0.4, 0.5) is 5.82 Å². The number of fused-ring (bicyclic) bond motifs is 1. The molecule has 1 aromatic carbocycles. The molecule has 2 aromatic heterocycles. The zero-order valence-electron chi connectivity index (χ0n) is 14.5. The van der Waals surface area contributed by atoms with Gasteiger partial charge >= 0.3 is 0 Å². The molecule has 0 bridgehead atoms. The van der Waals surface area contributed by atoms with E-state index in [2.05, 4.69) is 20.8 Å². The van der Waals surface area contributed by atoms with E-state index in [0.717, 1.165) is 5.82 Å². The highest BCUT2D eigenvalue weighted by molar-refractivity contribution is 5.81. The average molecular weight is 365 g/mol. The average Bonchev–Trinajstić information content (AvgIpc) is 3.26. The topological polar surface area (TPSA) is 90.3 Å². The molecule has 138 valence electrons. The molecule has 1 atom stereocenters. The summed E-state index contributed by atoms with van der Waals surface area (Å²) in [5, 5.41) is 14.2. The maximum atomic E-state index is 12.2. The molecule has 1 aliphatic heterocycles. The summed E-state index contributed by atoms with van der Waals surface area (Å²) in [4.78, 5) is 12.2. The van der Waals surface area contributed by atoms with E-state index in [1.807, 2.05) is 59.4 Å². The second kappa shape index (κ2) is 7.77. The van der Waals surface area contributed by atoms with Crippen LogP contribution < -0.4 is 20.1 Å². The van der Waals surface area contributed by atoms with Crippen molar-refractivity contribution in [2.75, 3.05) is 25.0 Å². The number of amides is 1. The highest BCUT2D eigenvalue weighted by atomic mass is 16.6. The van der Waals surface area contributed by atoms with Gasteiger partial charge in [-0.2, -0.15) is 0 Å². The first-order chi connectivity index (χ1) is 13.3. The van der Waals surface area contributed by atoms with E-state index >= 15 is 0 Å². The molecule has 0 aliphatic carbocycles. The fourth-order valence-electron chi connectivity index (χ4n) is 2.68. The third-order valence-corrected chi connectivity index (χ3v) is 4.05. The summed E-state index contributed by atoms with van der Waals surface area (Å²) >= 11 is 0. The lowest BCUT2D eigenvalue weighted by molar-refractivity contribution is -0.130. The lowest BCUT2D eigenvalue weighted by atomic mass is 10.2. The first-order valence-corrected chi connectivity index (χ1v) is 8.67. The van der Waals surface area contributed by atoms with E-state index < -0.39 is 6.10 Å². The quantitative estimate of drug-likeness (QED) is 0.646. The number of aromatic nitrogens is 3. The maximum absolute atomic E-state index is 12.2. The first kappa shape index (κ1) is 16.9. The Balaban J connectivity index is 1.22. The van der Waals surface area contributed by atoms with E-state index in [0.29, 0.717) is 30.4 Å². The molecule has 27 heavy (non-hydrogen) atoms. The first-order valence-electron chi connectivity index (χ1n) is 8.67. The molecule has 1 amide bonds. The van der Waals surface area contributed by atoms with Crippen LogP contribution >= 0.6 is 0 Å². The lowest BCUT2D eigenvalue weighted by Crippen LogP contribution is -2.45. The molecule has 0 spiro atoms. The summed E-state index contributed by atoms with van der Waals surface area (Å²) in [6.07, 6.45) is 3.16. The molecule has 8 nitrogen and oxygen atoms in total. The van der Waals surface area contributed by atoms with Gasteiger partial charge in [0.1, 0.15) is 12.4 Å². The van der Waals surface area contributed by atoms with Gasteiger partial charge in [-0.3, -0.25) is 4.79 Å². The summed E-state index contributed by atoms with van der Waals surface area (Å²) in [6, 6.07) is 14.9. The van der Waals surface area contributed by atoms with E-state index in [4.69, 9.17) is 9.47 Å². The Morgan fingerprint density at radius 2 is 1.85 bits per heavy atom. The number of hydrogen-bond donors (Lipinski definition) is 2. The highest BCUT2D eigenvalue weighted by Crippen LogP contribution is 2.30. The third-order valence-electron chi connectivity index (χ3n) is 4.05. The minimum atomic E-state index is -0.652. The summed E-state index contributed by atoms with van der Waals surface area (Å²) < 4.78 is 13.1. The van der Waals surface area contributed by atoms with Gasteiger partial charge in [0.25, 0.3) is 5.91 Å². The van der Waals surface area contributed by atoms with E-state index in [1.165, 1.54) is 0 Å². The standard InChI is InChI=1S/C19H19N5O3/c25-19(16-13-26-14-5-1-2-6-15(14)27-16)21-10-9-20-17-7-8-18(23-22-17)24-11-3-4-12-24/h1-8,11-12,16H,9-10,13H2,(H,20,22)(H,21,25). The van der Waals surface area contributed by atoms with Crippen LogP contribution in [0.25, 0.3) is 5.82 Å². The molecule has 8 heteroatoms. The van der Waals surface area contributed by atoms with Crippen molar-refractivity contribution in [2.24, 2.45) is 0 Å². The number of nitrogens with zero attached hydrogens (tertiary/aromatic N) is 3. The number of hydrogen-bond acceptors (Lipinski definition) is 6. The Morgan fingerprint density at radius 1 is 1.04 bits per heavy atom. The Kier molecular flexibility index (Phi) is 4.86. The van der Waals surface area contributed by atoms with Crippen LogP contribution in [0.5, 0.6) is 11.5 Å². The molecular formula is C19H19N5O3. The van der Waals surface area contributed by atoms with Crippen LogP contribution in [-0.4, -0.2) is 46.5 Å². The second-order valence-electron chi connectivity index (χ2n) is 5.95. The van der Waals surface area contributed by atoms with Crippen molar-refractivity contribution < 1.29 is 14.3 Å². The van der Waals surface area contributed by atoms with Crippen molar-refractivity contribution in [2.45, 2.75) is 6.10 Å². The van der Waals surface area contributed by atoms with Gasteiger partial charge in [0, 0.05) is 25.5 Å². The molecule has 4 rings (SSSR count). The number of benzene rings is 1. The number of carbonyl (C=O) groups is 1. The van der Waals surface area contributed by atoms with Gasteiger partial charge in [0.2, 0.25) is 6.10 Å². The summed E-state index contributed by atoms with van der Waals surface area (Å²) in [5.41, 5.74) is 0. The molecule has 2 N–H and O–H groups in total. The van der Waals surface area contributed by atoms with Gasteiger partial charge in [-0.25, -0.2) is 0 Å². The molecular weight excluding hydrogens is 346 g/mol. The van der Waals surface area contributed by atoms with Crippen LogP contribution in [0.2, 0.25) is 0 Å². The largest absolute Gasteiger partial charge is 0.485 e. The Bertz CT molecular complexity index is 896. The molecule has 1 aliphatic rings. The van der Waals surface area contributed by atoms with Gasteiger partial charge < -0.3 is 24.7 Å². The number of anilines is 1. The van der Waals surface area contributed by atoms with Crippen molar-refractivity contribution in [3.05, 3.63) is 60.9 Å². The molecule has 3 aromatic rings. The minimum absolute atomic E-state index is 0.197. The van der Waals surface area contributed by atoms with Gasteiger partial charge in [-0.05, 0) is 36.4 Å². The highest BCUT2D eigenvalue weighted by Gasteiger charge is 2.26. The molecule has 3 heterocycles. The number of para-hydroxylation sites is 2. The smallest absolute Gasteiger partial charge is 0.264 e. The van der Waals surface area contributed by atoms with Gasteiger partial charge in [-0.15, -0.1) is 10.2 Å². The zero-order valence-corrected chi connectivity index (χ0v) is 14.5. The Hall–Kier alpha value is -3.55. The van der Waals surface area contributed by atoms with Gasteiger partial charge in [0.05, 0.1) is 0 Å². The van der Waals surface area contributed by atoms with Gasteiger partial charge in [0.15, 0.2) is 17.3 Å². The van der Waals surface area contributed by atoms with Crippen molar-refractivity contribution in [3.63, 3.8) is 0 Å². The molecule has 1 unspecified atom stereocenters. The van der Waals surface area contributed by atoms with Crippen LogP contribution in [-0.2, 0) is 4.79 Å². The second-order valence-corrected chi connectivity index (χ2v) is 5.95. The number of carbonyl (C=O) groups excluding carboxylic acids is 1. The van der Waals surface area contributed by atoms with Crippen LogP contribution in [0.15, 0.2) is 60.9 Å². The summed E-state index contributed by atoms with van der Waals surface area (Å²) in [5.74, 6) is 2.42. The van der Waals surface area contributed by atoms with Crippen molar-refractivity contribution in [1.82, 2.24) is 20.1 Å². The SMILES string of the molecule is O=C(NCCNc1ccc(-n2cccc2)nn1)C1COc2ccccc2O1. The fourth-order valence-corrected chi connectivity index (χ4v) is 2.68. The maximum Gasteiger partial charge on any atom is 0.264 e. The Labute approximate surface area is 156 Å². The molecule has 0 saturated carbocycles. The summed E-state index contributed by atoms with van der Waals surface area (Å²) in [6.45, 7) is 1.15. The van der Waals surface area contributed by atoms with Crippen molar-refractivity contribution in [1.29, 1.82) is 0 Å². The third kappa shape index (κ3) is 4.00. The van der Waals surface area contributed by atoms with E-state index in [9.17, 15) is 4.79 Å². The molecule has 0 saturated heterocycles. The minimum Gasteiger partial charge on any atom is -0.485 e. The normalized spacial score (nSPS) is 15.2. The predicted molar refractivity (Wildman–Crippen MR) is 99.2 cm³/mol. The van der Waals surface area contributed by atoms with Crippen LogP contribution in [0.3, 0.4) is 0 Å². The predicted octanol–water partition coefficient (Wildman–Crippen LogP) is 1.64. The van der Waals surface area contributed by atoms with E-state index in [-0.39, 0.29) is 12.5 Å². The molecule has 0 radical (unpaired) electrons.